The number of furan rings is 2. The molecule has 1 spiro atoms. The Morgan fingerprint density at radius 3 is 1.19 bits per heavy atom. The van der Waals surface area contributed by atoms with E-state index in [1.807, 2.05) is 0 Å². The van der Waals surface area contributed by atoms with Crippen molar-refractivity contribution in [3.8, 4) is 33.4 Å². The van der Waals surface area contributed by atoms with E-state index in [0.717, 1.165) is 106 Å². The van der Waals surface area contributed by atoms with E-state index in [1.54, 1.807) is 0 Å². The van der Waals surface area contributed by atoms with Crippen molar-refractivity contribution in [1.29, 1.82) is 0 Å². The van der Waals surface area contributed by atoms with Crippen molar-refractivity contribution in [3.05, 3.63) is 329 Å². The lowest BCUT2D eigenvalue weighted by Crippen LogP contribution is -2.41. The van der Waals surface area contributed by atoms with Crippen LogP contribution in [0.5, 0.6) is 0 Å². The van der Waals surface area contributed by atoms with Gasteiger partial charge in [0.2, 0.25) is 0 Å². The van der Waals surface area contributed by atoms with Crippen LogP contribution in [0.1, 0.15) is 97.2 Å². The predicted octanol–water partition coefficient (Wildman–Crippen LogP) is 23.8. The minimum atomic E-state index is -0.997. The Bertz CT molecular complexity index is 5490. The molecule has 5 nitrogen and oxygen atoms in total. The third kappa shape index (κ3) is 6.66. The summed E-state index contributed by atoms with van der Waals surface area (Å²) < 4.78 is 15.5. The summed E-state index contributed by atoms with van der Waals surface area (Å²) in [5.41, 5.74) is 31.0. The molecule has 0 N–H and O–H groups in total. The second-order valence-electron chi connectivity index (χ2n) is 27.8. The highest BCUT2D eigenvalue weighted by atomic mass is 16.3. The fraction of sp³-hybridized carbons (Fsp3) is 0.114. The minimum Gasteiger partial charge on any atom is -0.455 e. The first kappa shape index (κ1) is 52.6. The highest BCUT2D eigenvalue weighted by Crippen LogP contribution is 2.71. The van der Waals surface area contributed by atoms with Gasteiger partial charge in [0.05, 0.1) is 44.6 Å². The summed E-state index contributed by atoms with van der Waals surface area (Å²) in [4.78, 5) is 7.63. The summed E-state index contributed by atoms with van der Waals surface area (Å²) >= 11 is 0. The molecule has 13 aromatic carbocycles. The maximum Gasteiger partial charge on any atom is 0.145 e. The lowest BCUT2D eigenvalue weighted by atomic mass is 9.61. The molecule has 0 saturated carbocycles. The summed E-state index contributed by atoms with van der Waals surface area (Å²) in [5.74, 6) is 0. The van der Waals surface area contributed by atoms with Crippen LogP contribution in [-0.4, -0.2) is 0 Å². The Morgan fingerprint density at radius 1 is 0.290 bits per heavy atom. The molecule has 2 aliphatic heterocycles. The second-order valence-corrected chi connectivity index (χ2v) is 27.8. The number of para-hydroxylation sites is 7. The number of hydrogen-bond acceptors (Lipinski definition) is 5. The SMILES string of the molecule is CC1(C)c2ccccc2-c2ccc(N(c3ccccc3)c3cc4c(c5oc6ccccc6c35)-c3c(cc(N(c5ccccc5)c5ccc6c(c5)C(C)(C)c5ccccc5-6)c5c3oc3ccccc35)C43c4ccccc4N4c5ccccc5C(C)(C)c5cccc3c54)cc21. The van der Waals surface area contributed by atoms with Gasteiger partial charge < -0.3 is 23.5 Å². The summed E-state index contributed by atoms with van der Waals surface area (Å²) in [6.07, 6.45) is 0. The average molecular weight is 1190 g/mol. The molecule has 0 fully saturated rings. The summed E-state index contributed by atoms with van der Waals surface area (Å²) in [7, 11) is 0. The molecule has 5 heteroatoms. The lowest BCUT2D eigenvalue weighted by Gasteiger charge is -2.51. The van der Waals surface area contributed by atoms with Crippen molar-refractivity contribution in [1.82, 2.24) is 0 Å². The van der Waals surface area contributed by atoms with E-state index in [4.69, 9.17) is 8.83 Å². The zero-order valence-corrected chi connectivity index (χ0v) is 52.6. The van der Waals surface area contributed by atoms with Gasteiger partial charge in [0.25, 0.3) is 0 Å². The van der Waals surface area contributed by atoms with Crippen LogP contribution in [0.25, 0.3) is 77.3 Å². The third-order valence-electron chi connectivity index (χ3n) is 22.2. The van der Waals surface area contributed by atoms with Gasteiger partial charge in [-0.1, -0.05) is 230 Å². The molecular weight excluding hydrogens is 1130 g/mol. The van der Waals surface area contributed by atoms with E-state index in [-0.39, 0.29) is 16.2 Å². The monoisotopic (exact) mass is 1190 g/mol. The van der Waals surface area contributed by atoms with Gasteiger partial charge in [-0.3, -0.25) is 0 Å². The standard InChI is InChI=1S/C88H63N3O2/c1-85(2)62-34-17-13-30-56(62)58-46-44-54(48-68(58)85)89(52-26-9-7-10-27-52)74-50-70-80(83-78(74)60-32-15-23-42-76(60)92-83)81-71(88(70)65-37-20-22-41-73(65)91-72-40-21-19-36-64(72)87(5,6)66-38-25-39-67(88)82(66)91)51-75(79-61-33-16-24-43-77(61)93-84(79)81)90(53-28-11-8-12-29-53)55-45-47-59-57-31-14-18-35-63(57)86(3,4)69(59)49-55/h7-51H,1-6H3. The van der Waals surface area contributed by atoms with Crippen LogP contribution in [0, 0.1) is 0 Å². The Hall–Kier alpha value is -11.1. The summed E-state index contributed by atoms with van der Waals surface area (Å²) in [6, 6.07) is 102. The Morgan fingerprint density at radius 2 is 0.677 bits per heavy atom. The Labute approximate surface area is 540 Å². The molecule has 2 aromatic heterocycles. The molecule has 93 heavy (non-hydrogen) atoms. The average Bonchev–Trinajstić information content (AvgIpc) is 1.61. The van der Waals surface area contributed by atoms with Crippen molar-refractivity contribution >= 4 is 95.1 Å². The molecule has 0 bridgehead atoms. The van der Waals surface area contributed by atoms with Crippen LogP contribution in [0.2, 0.25) is 0 Å². The molecule has 0 radical (unpaired) electrons. The van der Waals surface area contributed by atoms with E-state index >= 15 is 0 Å². The second kappa shape index (κ2) is 18.3. The lowest BCUT2D eigenvalue weighted by molar-refractivity contribution is 0.621. The van der Waals surface area contributed by atoms with Crippen molar-refractivity contribution < 1.29 is 8.83 Å². The molecule has 5 aliphatic rings. The third-order valence-corrected chi connectivity index (χ3v) is 22.2. The molecule has 0 amide bonds. The summed E-state index contributed by atoms with van der Waals surface area (Å²) in [5, 5.41) is 4.16. The van der Waals surface area contributed by atoms with E-state index in [0.29, 0.717) is 0 Å². The Balaban J connectivity index is 0.970. The number of benzene rings is 13. The number of anilines is 9. The van der Waals surface area contributed by atoms with Gasteiger partial charge in [0, 0.05) is 60.9 Å². The molecule has 20 rings (SSSR count). The molecule has 442 valence electrons. The zero-order valence-electron chi connectivity index (χ0n) is 52.6. The number of hydrogen-bond donors (Lipinski definition) is 0. The van der Waals surface area contributed by atoms with Gasteiger partial charge in [0.15, 0.2) is 0 Å². The highest BCUT2D eigenvalue weighted by molar-refractivity contribution is 6.25. The normalized spacial score (nSPS) is 15.5. The first-order valence-corrected chi connectivity index (χ1v) is 32.7. The number of rotatable bonds is 6. The quantitative estimate of drug-likeness (QED) is 0.166. The molecule has 0 atom stereocenters. The minimum absolute atomic E-state index is 0.244. The van der Waals surface area contributed by atoms with E-state index in [2.05, 4.69) is 329 Å². The molecular formula is C88H63N3O2. The van der Waals surface area contributed by atoms with Crippen LogP contribution in [0.15, 0.2) is 282 Å². The highest BCUT2D eigenvalue weighted by Gasteiger charge is 2.57. The van der Waals surface area contributed by atoms with E-state index < -0.39 is 5.41 Å². The van der Waals surface area contributed by atoms with E-state index in [9.17, 15) is 0 Å². The molecule has 0 unspecified atom stereocenters. The molecule has 3 aliphatic carbocycles. The van der Waals surface area contributed by atoms with Crippen LogP contribution >= 0.6 is 0 Å². The largest absolute Gasteiger partial charge is 0.455 e. The molecule has 15 aromatic rings. The topological polar surface area (TPSA) is 36.0 Å². The van der Waals surface area contributed by atoms with Crippen molar-refractivity contribution in [2.24, 2.45) is 0 Å². The van der Waals surface area contributed by atoms with Gasteiger partial charge in [-0.15, -0.1) is 0 Å². The molecule has 4 heterocycles. The first-order chi connectivity index (χ1) is 45.4. The van der Waals surface area contributed by atoms with Crippen molar-refractivity contribution in [3.63, 3.8) is 0 Å². The van der Waals surface area contributed by atoms with Gasteiger partial charge >= 0.3 is 0 Å². The zero-order chi connectivity index (χ0) is 62.0. The number of nitrogens with zero attached hydrogens (tertiary/aromatic N) is 3. The van der Waals surface area contributed by atoms with Crippen LogP contribution in [0.4, 0.5) is 51.2 Å². The van der Waals surface area contributed by atoms with Crippen LogP contribution < -0.4 is 14.7 Å². The molecule has 0 saturated heterocycles. The van der Waals surface area contributed by atoms with E-state index in [1.165, 1.54) is 78.1 Å². The van der Waals surface area contributed by atoms with Gasteiger partial charge in [-0.05, 0) is 163 Å². The van der Waals surface area contributed by atoms with Gasteiger partial charge in [-0.25, -0.2) is 0 Å². The van der Waals surface area contributed by atoms with Gasteiger partial charge in [-0.2, -0.15) is 0 Å². The predicted molar refractivity (Wildman–Crippen MR) is 383 cm³/mol. The maximum atomic E-state index is 7.77. The maximum absolute atomic E-state index is 7.77. The van der Waals surface area contributed by atoms with Crippen LogP contribution in [0.3, 0.4) is 0 Å². The van der Waals surface area contributed by atoms with Crippen molar-refractivity contribution in [2.75, 3.05) is 14.7 Å². The first-order valence-electron chi connectivity index (χ1n) is 32.7. The van der Waals surface area contributed by atoms with Crippen LogP contribution in [-0.2, 0) is 21.7 Å². The number of fused-ring (bicyclic) bond motifs is 25. The fourth-order valence-corrected chi connectivity index (χ4v) is 18.0. The summed E-state index contributed by atoms with van der Waals surface area (Å²) in [6.45, 7) is 14.4. The van der Waals surface area contributed by atoms with Crippen molar-refractivity contribution in [2.45, 2.75) is 63.2 Å². The fourth-order valence-electron chi connectivity index (χ4n) is 18.0. The Kier molecular flexibility index (Phi) is 10.4. The van der Waals surface area contributed by atoms with Gasteiger partial charge in [0.1, 0.15) is 22.3 Å². The smallest absolute Gasteiger partial charge is 0.145 e.